The van der Waals surface area contributed by atoms with Gasteiger partial charge in [0.05, 0.1) is 24.3 Å². The summed E-state index contributed by atoms with van der Waals surface area (Å²) >= 11 is 2.10. The molecule has 3 unspecified atom stereocenters. The third-order valence-corrected chi connectivity index (χ3v) is 7.57. The van der Waals surface area contributed by atoms with Crippen LogP contribution in [0.4, 0.5) is 28.0 Å². The van der Waals surface area contributed by atoms with E-state index < -0.39 is 53.0 Å². The first kappa shape index (κ1) is 28.2. The van der Waals surface area contributed by atoms with Gasteiger partial charge in [-0.25, -0.2) is 13.6 Å². The second-order valence-electron chi connectivity index (χ2n) is 9.72. The summed E-state index contributed by atoms with van der Waals surface area (Å²) in [4.78, 5) is 37.5. The van der Waals surface area contributed by atoms with Crippen LogP contribution in [0, 0.1) is 3.57 Å². The first-order chi connectivity index (χ1) is 16.7. The van der Waals surface area contributed by atoms with Crippen molar-refractivity contribution in [2.45, 2.75) is 69.8 Å². The molecule has 0 spiro atoms. The van der Waals surface area contributed by atoms with Gasteiger partial charge < -0.3 is 15.4 Å². The zero-order chi connectivity index (χ0) is 27.0. The molecule has 1 aliphatic carbocycles. The fraction of sp³-hybridized carbons (Fsp3) is 0.542. The Morgan fingerprint density at radius 1 is 1.28 bits per heavy atom. The van der Waals surface area contributed by atoms with Gasteiger partial charge >= 0.3 is 12.5 Å². The van der Waals surface area contributed by atoms with Crippen molar-refractivity contribution in [3.05, 3.63) is 49.5 Å². The van der Waals surface area contributed by atoms with Crippen LogP contribution in [0.5, 0.6) is 0 Å². The maximum Gasteiger partial charge on any atom is 0.411 e. The molecule has 0 saturated carbocycles. The number of cyclic esters (lactones) is 1. The zero-order valence-corrected chi connectivity index (χ0v) is 22.4. The van der Waals surface area contributed by atoms with E-state index in [1.807, 2.05) is 19.2 Å². The highest BCUT2D eigenvalue weighted by Crippen LogP contribution is 2.42. The van der Waals surface area contributed by atoms with E-state index in [2.05, 4.69) is 27.9 Å². The smallest absolute Gasteiger partial charge is 0.411 e. The van der Waals surface area contributed by atoms with Crippen LogP contribution in [-0.4, -0.2) is 59.8 Å². The summed E-state index contributed by atoms with van der Waals surface area (Å²) < 4.78 is 61.9. The van der Waals surface area contributed by atoms with Crippen LogP contribution in [-0.2, 0) is 9.53 Å². The SMILES string of the molecule is CC(C)c1cc(=O)c(NC2(C)C(F)=CC(C)(N3C[C@H](CNC(=O)C(F)F)OC3=O)CC2F)ccc1I. The number of alkyl halides is 3. The number of hydrogen-bond acceptors (Lipinski definition) is 5. The second-order valence-corrected chi connectivity index (χ2v) is 10.9. The maximum atomic E-state index is 15.6. The minimum Gasteiger partial charge on any atom is -0.442 e. The van der Waals surface area contributed by atoms with E-state index in [4.69, 9.17) is 4.74 Å². The Labute approximate surface area is 219 Å². The van der Waals surface area contributed by atoms with Gasteiger partial charge in [-0.15, -0.1) is 0 Å². The normalized spacial score (nSPS) is 28.2. The van der Waals surface area contributed by atoms with Gasteiger partial charge in [0.25, 0.3) is 5.91 Å². The standard InChI is InChI=1S/C24H28F4IN3O4/c1-12(2)14-7-17(33)16(6-5-15(14)29)31-24(4)18(25)8-23(3,9-19(24)26)32-11-13(36-22(32)35)10-30-21(34)20(27)28/h5-8,12-13,19-20H,9-11H2,1-4H3,(H,30,34)(H,31,33)/t13-,19?,23?,24?/m0/s1. The van der Waals surface area contributed by atoms with E-state index in [0.717, 1.165) is 20.1 Å². The molecule has 1 aliphatic heterocycles. The Hall–Kier alpha value is -2.38. The van der Waals surface area contributed by atoms with Crippen LogP contribution < -0.4 is 16.1 Å². The molecular formula is C24H28F4IN3O4. The van der Waals surface area contributed by atoms with E-state index >= 15 is 8.78 Å². The van der Waals surface area contributed by atoms with Crippen molar-refractivity contribution in [1.82, 2.24) is 10.2 Å². The first-order valence-electron chi connectivity index (χ1n) is 11.4. The molecule has 0 aromatic heterocycles. The number of ether oxygens (including phenoxy) is 1. The molecule has 1 aromatic carbocycles. The molecule has 2 N–H and O–H groups in total. The molecule has 0 bridgehead atoms. The lowest BCUT2D eigenvalue weighted by Crippen LogP contribution is -2.58. The van der Waals surface area contributed by atoms with Gasteiger partial charge in [-0.05, 0) is 72.2 Å². The Morgan fingerprint density at radius 2 is 1.94 bits per heavy atom. The Bertz CT molecular complexity index is 1130. The van der Waals surface area contributed by atoms with E-state index in [0.29, 0.717) is 0 Å². The Balaban J connectivity index is 1.84. The average Bonchev–Trinajstić information content (AvgIpc) is 3.11. The van der Waals surface area contributed by atoms with Crippen molar-refractivity contribution < 1.29 is 31.9 Å². The van der Waals surface area contributed by atoms with Gasteiger partial charge in [-0.3, -0.25) is 14.5 Å². The highest BCUT2D eigenvalue weighted by molar-refractivity contribution is 14.1. The predicted octanol–water partition coefficient (Wildman–Crippen LogP) is 4.50. The number of carbonyl (C=O) groups is 2. The van der Waals surface area contributed by atoms with Gasteiger partial charge in [0.1, 0.15) is 23.6 Å². The third kappa shape index (κ3) is 5.62. The van der Waals surface area contributed by atoms with Crippen molar-refractivity contribution in [3.8, 4) is 0 Å². The lowest BCUT2D eigenvalue weighted by molar-refractivity contribution is -0.132. The Kier molecular flexibility index (Phi) is 8.26. The Morgan fingerprint density at radius 3 is 2.53 bits per heavy atom. The van der Waals surface area contributed by atoms with E-state index in [1.165, 1.54) is 26.0 Å². The molecule has 1 aromatic rings. The summed E-state index contributed by atoms with van der Waals surface area (Å²) in [5.41, 5.74) is -2.86. The summed E-state index contributed by atoms with van der Waals surface area (Å²) in [6.45, 7) is 6.12. The van der Waals surface area contributed by atoms with Crippen LogP contribution in [0.15, 0.2) is 34.9 Å². The van der Waals surface area contributed by atoms with Crippen molar-refractivity contribution >= 4 is 40.3 Å². The van der Waals surface area contributed by atoms with Crippen LogP contribution in [0.1, 0.15) is 45.6 Å². The minimum atomic E-state index is -3.22. The van der Waals surface area contributed by atoms with Gasteiger partial charge in [-0.2, -0.15) is 8.78 Å². The number of carbonyl (C=O) groups excluding carboxylic acids is 2. The number of anilines is 1. The molecule has 7 nitrogen and oxygen atoms in total. The number of rotatable bonds is 7. The number of halogens is 5. The molecule has 198 valence electrons. The monoisotopic (exact) mass is 625 g/mol. The number of nitrogens with one attached hydrogen (secondary N) is 2. The highest BCUT2D eigenvalue weighted by Gasteiger charge is 2.53. The topological polar surface area (TPSA) is 87.7 Å². The fourth-order valence-electron chi connectivity index (χ4n) is 4.31. The van der Waals surface area contributed by atoms with Gasteiger partial charge in [0.15, 0.2) is 0 Å². The largest absolute Gasteiger partial charge is 0.442 e. The number of amides is 2. The van der Waals surface area contributed by atoms with Crippen molar-refractivity contribution in [2.75, 3.05) is 18.4 Å². The fourth-order valence-corrected chi connectivity index (χ4v) is 5.27. The minimum absolute atomic E-state index is 0.0348. The molecule has 36 heavy (non-hydrogen) atoms. The molecule has 1 fully saturated rings. The lowest BCUT2D eigenvalue weighted by atomic mass is 9.76. The summed E-state index contributed by atoms with van der Waals surface area (Å²) in [6, 6.07) is 4.65. The molecule has 4 atom stereocenters. The van der Waals surface area contributed by atoms with Crippen LogP contribution in [0.3, 0.4) is 0 Å². The van der Waals surface area contributed by atoms with E-state index in [9.17, 15) is 23.2 Å². The summed E-state index contributed by atoms with van der Waals surface area (Å²) in [7, 11) is 0. The van der Waals surface area contributed by atoms with Crippen LogP contribution >= 0.6 is 22.6 Å². The van der Waals surface area contributed by atoms with Crippen molar-refractivity contribution in [3.63, 3.8) is 0 Å². The zero-order valence-electron chi connectivity index (χ0n) is 20.2. The van der Waals surface area contributed by atoms with Gasteiger partial charge in [0.2, 0.25) is 5.43 Å². The predicted molar refractivity (Wildman–Crippen MR) is 135 cm³/mol. The molecule has 3 rings (SSSR count). The molecule has 12 heteroatoms. The molecule has 1 saturated heterocycles. The van der Waals surface area contributed by atoms with Crippen molar-refractivity contribution in [2.24, 2.45) is 0 Å². The summed E-state index contributed by atoms with van der Waals surface area (Å²) in [5, 5.41) is 4.71. The number of nitrogens with zero attached hydrogens (tertiary/aromatic N) is 1. The van der Waals surface area contributed by atoms with E-state index in [1.54, 1.807) is 6.07 Å². The quantitative estimate of drug-likeness (QED) is 0.345. The highest BCUT2D eigenvalue weighted by atomic mass is 127. The molecule has 2 aliphatic rings. The average molecular weight is 625 g/mol. The molecular weight excluding hydrogens is 597 g/mol. The molecule has 1 heterocycles. The van der Waals surface area contributed by atoms with Gasteiger partial charge in [0, 0.05) is 9.99 Å². The van der Waals surface area contributed by atoms with Gasteiger partial charge in [-0.1, -0.05) is 13.8 Å². The van der Waals surface area contributed by atoms with Crippen LogP contribution in [0.2, 0.25) is 0 Å². The summed E-state index contributed by atoms with van der Waals surface area (Å²) in [5.74, 6) is -2.34. The summed E-state index contributed by atoms with van der Waals surface area (Å²) in [6.07, 6.45) is -6.13. The molecule has 2 amide bonds. The van der Waals surface area contributed by atoms with E-state index in [-0.39, 0.29) is 31.1 Å². The number of hydrogen-bond donors (Lipinski definition) is 2. The van der Waals surface area contributed by atoms with Crippen LogP contribution in [0.25, 0.3) is 0 Å². The second kappa shape index (κ2) is 10.5. The lowest BCUT2D eigenvalue weighted by Gasteiger charge is -2.45. The maximum absolute atomic E-state index is 15.6. The first-order valence-corrected chi connectivity index (χ1v) is 12.4. The molecule has 0 radical (unpaired) electrons. The third-order valence-electron chi connectivity index (χ3n) is 6.59. The van der Waals surface area contributed by atoms with Crippen molar-refractivity contribution in [1.29, 1.82) is 0 Å².